The van der Waals surface area contributed by atoms with Crippen LogP contribution in [-0.4, -0.2) is 0 Å². The zero-order valence-electron chi connectivity index (χ0n) is 8.67. The smallest absolute Gasteiger partial charge is 0.0826 e. The zero-order valence-corrected chi connectivity index (χ0v) is 8.67. The molecule has 0 aromatic heterocycles. The van der Waals surface area contributed by atoms with Crippen LogP contribution in [0.4, 0.5) is 0 Å². The third-order valence-electron chi connectivity index (χ3n) is 2.69. The molecule has 13 heavy (non-hydrogen) atoms. The third kappa shape index (κ3) is 1.67. The summed E-state index contributed by atoms with van der Waals surface area (Å²) in [5.41, 5.74) is 1.30. The predicted octanol–water partition coefficient (Wildman–Crippen LogP) is 3.45. The molecule has 0 heterocycles. The summed E-state index contributed by atoms with van der Waals surface area (Å²) in [5.74, 6) is 0.535. The molecule has 1 saturated carbocycles. The molecule has 0 saturated heterocycles. The summed E-state index contributed by atoms with van der Waals surface area (Å²) in [4.78, 5) is 0. The van der Waals surface area contributed by atoms with Crippen LogP contribution in [0.5, 0.6) is 0 Å². The lowest BCUT2D eigenvalue weighted by molar-refractivity contribution is 0.788. The van der Waals surface area contributed by atoms with Gasteiger partial charge in [0.2, 0.25) is 0 Å². The first kappa shape index (κ1) is 10.1. The van der Waals surface area contributed by atoms with Crippen LogP contribution >= 0.6 is 0 Å². The maximum atomic E-state index is 8.82. The Bertz CT molecular complexity index is 280. The van der Waals surface area contributed by atoms with Crippen LogP contribution < -0.4 is 0 Å². The SMILES string of the molecule is CC.CCC1=CC2CC2(C#N)C=C1. The van der Waals surface area contributed by atoms with Crippen LogP contribution in [-0.2, 0) is 0 Å². The summed E-state index contributed by atoms with van der Waals surface area (Å²) >= 11 is 0. The normalized spacial score (nSPS) is 33.4. The van der Waals surface area contributed by atoms with Gasteiger partial charge in [0.15, 0.2) is 0 Å². The minimum absolute atomic E-state index is 0.0847. The summed E-state index contributed by atoms with van der Waals surface area (Å²) < 4.78 is 0. The van der Waals surface area contributed by atoms with E-state index in [2.05, 4.69) is 31.2 Å². The average Bonchev–Trinajstić information content (AvgIpc) is 2.94. The van der Waals surface area contributed by atoms with Crippen molar-refractivity contribution in [2.75, 3.05) is 0 Å². The Labute approximate surface area is 80.8 Å². The van der Waals surface area contributed by atoms with Crippen molar-refractivity contribution in [3.8, 4) is 6.07 Å². The Morgan fingerprint density at radius 1 is 1.62 bits per heavy atom. The Morgan fingerprint density at radius 3 is 2.77 bits per heavy atom. The van der Waals surface area contributed by atoms with E-state index in [4.69, 9.17) is 5.26 Å². The van der Waals surface area contributed by atoms with Crippen molar-refractivity contribution in [3.63, 3.8) is 0 Å². The molecule has 0 aromatic carbocycles. The fraction of sp³-hybridized carbons (Fsp3) is 0.583. The highest BCUT2D eigenvalue weighted by molar-refractivity contribution is 5.40. The third-order valence-corrected chi connectivity index (χ3v) is 2.69. The number of hydrogen-bond donors (Lipinski definition) is 0. The lowest BCUT2D eigenvalue weighted by atomic mass is 9.96. The number of allylic oxidation sites excluding steroid dienone is 4. The highest BCUT2D eigenvalue weighted by Crippen LogP contribution is 2.56. The first-order valence-corrected chi connectivity index (χ1v) is 5.12. The molecule has 0 spiro atoms. The van der Waals surface area contributed by atoms with E-state index in [1.54, 1.807) is 0 Å². The van der Waals surface area contributed by atoms with Gasteiger partial charge < -0.3 is 0 Å². The molecule has 2 atom stereocenters. The first-order chi connectivity index (χ1) is 6.30. The van der Waals surface area contributed by atoms with E-state index in [9.17, 15) is 0 Å². The van der Waals surface area contributed by atoms with Crippen LogP contribution in [0.2, 0.25) is 0 Å². The Morgan fingerprint density at radius 2 is 2.31 bits per heavy atom. The molecule has 2 aliphatic rings. The van der Waals surface area contributed by atoms with Crippen LogP contribution in [0.1, 0.15) is 33.6 Å². The Balaban J connectivity index is 0.000000396. The van der Waals surface area contributed by atoms with Gasteiger partial charge in [0.25, 0.3) is 0 Å². The van der Waals surface area contributed by atoms with Crippen LogP contribution in [0.3, 0.4) is 0 Å². The van der Waals surface area contributed by atoms with Gasteiger partial charge in [-0.1, -0.05) is 44.6 Å². The molecule has 0 aromatic rings. The molecular weight excluding hydrogens is 158 g/mol. The second-order valence-electron chi connectivity index (χ2n) is 3.39. The molecule has 2 rings (SSSR count). The van der Waals surface area contributed by atoms with E-state index in [-0.39, 0.29) is 5.41 Å². The van der Waals surface area contributed by atoms with Crippen LogP contribution in [0.25, 0.3) is 0 Å². The summed E-state index contributed by atoms with van der Waals surface area (Å²) in [6.07, 6.45) is 8.57. The second-order valence-corrected chi connectivity index (χ2v) is 3.39. The van der Waals surface area contributed by atoms with Gasteiger partial charge in [-0.15, -0.1) is 0 Å². The number of fused-ring (bicyclic) bond motifs is 1. The van der Waals surface area contributed by atoms with Crippen LogP contribution in [0.15, 0.2) is 23.8 Å². The molecule has 1 fully saturated rings. The lowest BCUT2D eigenvalue weighted by Crippen LogP contribution is -1.98. The minimum atomic E-state index is -0.0847. The van der Waals surface area contributed by atoms with Gasteiger partial charge in [0.1, 0.15) is 0 Å². The molecule has 1 heteroatoms. The molecule has 0 radical (unpaired) electrons. The second kappa shape index (κ2) is 3.79. The molecule has 0 aliphatic heterocycles. The van der Waals surface area contributed by atoms with Crippen molar-refractivity contribution >= 4 is 0 Å². The maximum Gasteiger partial charge on any atom is 0.0826 e. The molecule has 2 aliphatic carbocycles. The Kier molecular flexibility index (Phi) is 2.93. The van der Waals surface area contributed by atoms with Crippen molar-refractivity contribution in [1.29, 1.82) is 5.26 Å². The molecule has 0 bridgehead atoms. The fourth-order valence-corrected chi connectivity index (χ4v) is 1.68. The summed E-state index contributed by atoms with van der Waals surface area (Å²) in [7, 11) is 0. The lowest BCUT2D eigenvalue weighted by Gasteiger charge is -2.06. The summed E-state index contributed by atoms with van der Waals surface area (Å²) in [6.45, 7) is 6.15. The average molecular weight is 175 g/mol. The maximum absolute atomic E-state index is 8.82. The summed E-state index contributed by atoms with van der Waals surface area (Å²) in [6, 6.07) is 2.37. The van der Waals surface area contributed by atoms with Gasteiger partial charge in [-0.2, -0.15) is 5.26 Å². The van der Waals surface area contributed by atoms with Gasteiger partial charge in [0, 0.05) is 5.92 Å². The van der Waals surface area contributed by atoms with E-state index in [0.717, 1.165) is 12.8 Å². The van der Waals surface area contributed by atoms with E-state index in [1.807, 2.05) is 13.8 Å². The molecule has 70 valence electrons. The molecule has 0 amide bonds. The van der Waals surface area contributed by atoms with E-state index < -0.39 is 0 Å². The van der Waals surface area contributed by atoms with Gasteiger partial charge in [0.05, 0.1) is 11.5 Å². The molecule has 1 nitrogen and oxygen atoms in total. The first-order valence-electron chi connectivity index (χ1n) is 5.12. The van der Waals surface area contributed by atoms with Gasteiger partial charge in [-0.05, 0) is 12.8 Å². The monoisotopic (exact) mass is 175 g/mol. The fourth-order valence-electron chi connectivity index (χ4n) is 1.68. The van der Waals surface area contributed by atoms with Crippen molar-refractivity contribution in [2.45, 2.75) is 33.6 Å². The van der Waals surface area contributed by atoms with E-state index in [1.165, 1.54) is 5.57 Å². The predicted molar refractivity (Wildman–Crippen MR) is 55.0 cm³/mol. The Hall–Kier alpha value is -1.03. The topological polar surface area (TPSA) is 23.8 Å². The highest BCUT2D eigenvalue weighted by atomic mass is 14.6. The van der Waals surface area contributed by atoms with E-state index in [0.29, 0.717) is 5.92 Å². The van der Waals surface area contributed by atoms with Crippen molar-refractivity contribution in [3.05, 3.63) is 23.8 Å². The molecule has 0 N–H and O–H groups in total. The van der Waals surface area contributed by atoms with Crippen LogP contribution in [0, 0.1) is 22.7 Å². The summed E-state index contributed by atoms with van der Waals surface area (Å²) in [5, 5.41) is 8.82. The quantitative estimate of drug-likeness (QED) is 0.598. The largest absolute Gasteiger partial charge is 0.197 e. The number of hydrogen-bond acceptors (Lipinski definition) is 1. The standard InChI is InChI=1S/C10H11N.C2H6/c1-2-8-3-4-10(7-11)6-9(10)5-8;1-2/h3-5,9H,2,6H2,1H3;1-2H3. The minimum Gasteiger partial charge on any atom is -0.197 e. The number of rotatable bonds is 1. The number of nitriles is 1. The van der Waals surface area contributed by atoms with Crippen molar-refractivity contribution in [2.24, 2.45) is 11.3 Å². The van der Waals surface area contributed by atoms with Crippen molar-refractivity contribution < 1.29 is 0 Å². The van der Waals surface area contributed by atoms with E-state index >= 15 is 0 Å². The molecule has 2 unspecified atom stereocenters. The van der Waals surface area contributed by atoms with Gasteiger partial charge in [-0.25, -0.2) is 0 Å². The van der Waals surface area contributed by atoms with Gasteiger partial charge >= 0.3 is 0 Å². The van der Waals surface area contributed by atoms with Crippen molar-refractivity contribution in [1.82, 2.24) is 0 Å². The molecular formula is C12H17N. The highest BCUT2D eigenvalue weighted by Gasteiger charge is 2.52. The zero-order chi connectivity index (χ0) is 9.90. The van der Waals surface area contributed by atoms with Gasteiger partial charge in [-0.3, -0.25) is 0 Å². The number of nitrogens with zero attached hydrogens (tertiary/aromatic N) is 1.